The van der Waals surface area contributed by atoms with Gasteiger partial charge in [0, 0.05) is 5.92 Å². The van der Waals surface area contributed by atoms with Crippen LogP contribution < -0.4 is 5.32 Å². The minimum absolute atomic E-state index is 0.0172. The molecule has 0 aliphatic heterocycles. The fourth-order valence-electron chi connectivity index (χ4n) is 2.42. The number of anilines is 1. The average Bonchev–Trinajstić information content (AvgIpc) is 2.97. The lowest BCUT2D eigenvalue weighted by atomic mass is 9.97. The topological polar surface area (TPSA) is 55.4 Å². The molecule has 1 amide bonds. The van der Waals surface area contributed by atoms with Crippen molar-refractivity contribution in [3.8, 4) is 0 Å². The van der Waals surface area contributed by atoms with Gasteiger partial charge in [-0.25, -0.2) is 4.79 Å². The van der Waals surface area contributed by atoms with Gasteiger partial charge in [0.1, 0.15) is 4.88 Å². The summed E-state index contributed by atoms with van der Waals surface area (Å²) in [6.45, 7) is 2.10. The number of rotatable bonds is 3. The molecule has 5 heteroatoms. The van der Waals surface area contributed by atoms with Gasteiger partial charge in [-0.05, 0) is 30.2 Å². The van der Waals surface area contributed by atoms with E-state index < -0.39 is 5.97 Å². The van der Waals surface area contributed by atoms with Crippen molar-refractivity contribution in [1.82, 2.24) is 0 Å². The molecule has 2 atom stereocenters. The van der Waals surface area contributed by atoms with Gasteiger partial charge in [-0.2, -0.15) is 0 Å². The van der Waals surface area contributed by atoms with Gasteiger partial charge in [0.05, 0.1) is 12.8 Å². The summed E-state index contributed by atoms with van der Waals surface area (Å²) in [5, 5.41) is 4.63. The van der Waals surface area contributed by atoms with Gasteiger partial charge in [0.2, 0.25) is 5.91 Å². The van der Waals surface area contributed by atoms with E-state index in [9.17, 15) is 9.59 Å². The maximum Gasteiger partial charge on any atom is 0.350 e. The molecular weight excluding hydrogens is 250 g/mol. The smallest absolute Gasteiger partial charge is 0.350 e. The van der Waals surface area contributed by atoms with Gasteiger partial charge in [0.15, 0.2) is 0 Å². The van der Waals surface area contributed by atoms with E-state index in [-0.39, 0.29) is 11.8 Å². The molecule has 1 N–H and O–H groups in total. The molecule has 1 aliphatic rings. The van der Waals surface area contributed by atoms with Gasteiger partial charge in [-0.15, -0.1) is 11.3 Å². The third-order valence-corrected chi connectivity index (χ3v) is 4.39. The van der Waals surface area contributed by atoms with Crippen molar-refractivity contribution >= 4 is 28.9 Å². The Morgan fingerprint density at radius 2 is 2.22 bits per heavy atom. The van der Waals surface area contributed by atoms with E-state index in [4.69, 9.17) is 0 Å². The number of methoxy groups -OCH3 is 1. The molecule has 0 bridgehead atoms. The molecule has 0 saturated heterocycles. The normalized spacial score (nSPS) is 22.8. The fraction of sp³-hybridized carbons (Fsp3) is 0.538. The van der Waals surface area contributed by atoms with Crippen molar-refractivity contribution in [3.63, 3.8) is 0 Å². The van der Waals surface area contributed by atoms with Crippen molar-refractivity contribution in [2.24, 2.45) is 11.8 Å². The minimum atomic E-state index is -0.403. The number of nitrogens with one attached hydrogen (secondary N) is 1. The Morgan fingerprint density at radius 3 is 2.83 bits per heavy atom. The number of hydrogen-bond acceptors (Lipinski definition) is 4. The maximum absolute atomic E-state index is 12.1. The van der Waals surface area contributed by atoms with Crippen LogP contribution in [0.4, 0.5) is 5.69 Å². The number of carbonyl (C=O) groups is 2. The van der Waals surface area contributed by atoms with Crippen LogP contribution in [-0.2, 0) is 9.53 Å². The Kier molecular flexibility index (Phi) is 4.01. The second-order valence-electron chi connectivity index (χ2n) is 4.66. The van der Waals surface area contributed by atoms with Crippen LogP contribution in [-0.4, -0.2) is 19.0 Å². The first-order valence-corrected chi connectivity index (χ1v) is 6.98. The highest BCUT2D eigenvalue weighted by Gasteiger charge is 2.30. The van der Waals surface area contributed by atoms with Crippen LogP contribution >= 0.6 is 11.3 Å². The van der Waals surface area contributed by atoms with Crippen LogP contribution in [0.25, 0.3) is 0 Å². The molecule has 1 heterocycles. The molecule has 1 aliphatic carbocycles. The zero-order valence-electron chi connectivity index (χ0n) is 10.6. The molecule has 0 spiro atoms. The second-order valence-corrected chi connectivity index (χ2v) is 5.58. The molecule has 1 aromatic rings. The van der Waals surface area contributed by atoms with Gasteiger partial charge >= 0.3 is 5.97 Å². The third-order valence-electron chi connectivity index (χ3n) is 3.49. The first kappa shape index (κ1) is 13.1. The number of hydrogen-bond donors (Lipinski definition) is 1. The molecule has 4 nitrogen and oxygen atoms in total. The predicted octanol–water partition coefficient (Wildman–Crippen LogP) is 2.91. The molecule has 1 fully saturated rings. The summed E-state index contributed by atoms with van der Waals surface area (Å²) >= 11 is 1.28. The number of ether oxygens (including phenoxy) is 1. The maximum atomic E-state index is 12.1. The SMILES string of the molecule is COC(=O)c1sccc1NC(=O)C1CCCC1C. The largest absolute Gasteiger partial charge is 0.465 e. The van der Waals surface area contributed by atoms with Gasteiger partial charge < -0.3 is 10.1 Å². The van der Waals surface area contributed by atoms with Crippen molar-refractivity contribution in [3.05, 3.63) is 16.3 Å². The summed E-state index contributed by atoms with van der Waals surface area (Å²) in [7, 11) is 1.34. The summed E-state index contributed by atoms with van der Waals surface area (Å²) in [6, 6.07) is 1.74. The quantitative estimate of drug-likeness (QED) is 0.857. The van der Waals surface area contributed by atoms with Crippen LogP contribution in [0.5, 0.6) is 0 Å². The van der Waals surface area contributed by atoms with Gasteiger partial charge in [-0.1, -0.05) is 13.3 Å². The van der Waals surface area contributed by atoms with E-state index in [1.165, 1.54) is 18.4 Å². The number of thiophene rings is 1. The van der Waals surface area contributed by atoms with Crippen molar-refractivity contribution < 1.29 is 14.3 Å². The van der Waals surface area contributed by atoms with E-state index in [1.807, 2.05) is 0 Å². The molecule has 0 aromatic carbocycles. The Morgan fingerprint density at radius 1 is 1.44 bits per heavy atom. The number of amides is 1. The zero-order valence-corrected chi connectivity index (χ0v) is 11.4. The Labute approximate surface area is 110 Å². The van der Waals surface area contributed by atoms with Crippen molar-refractivity contribution in [1.29, 1.82) is 0 Å². The highest BCUT2D eigenvalue weighted by molar-refractivity contribution is 7.12. The standard InChI is InChI=1S/C13H17NO3S/c1-8-4-3-5-9(8)12(15)14-10-6-7-18-11(10)13(16)17-2/h6-9H,3-5H2,1-2H3,(H,14,15). The molecule has 2 rings (SSSR count). The predicted molar refractivity (Wildman–Crippen MR) is 70.8 cm³/mol. The molecule has 2 unspecified atom stereocenters. The van der Waals surface area contributed by atoms with Crippen LogP contribution in [0, 0.1) is 11.8 Å². The monoisotopic (exact) mass is 267 g/mol. The van der Waals surface area contributed by atoms with Crippen LogP contribution in [0.15, 0.2) is 11.4 Å². The van der Waals surface area contributed by atoms with E-state index >= 15 is 0 Å². The van der Waals surface area contributed by atoms with Crippen LogP contribution in [0.3, 0.4) is 0 Å². The molecular formula is C13H17NO3S. The summed E-state index contributed by atoms with van der Waals surface area (Å²) in [4.78, 5) is 24.1. The summed E-state index contributed by atoms with van der Waals surface area (Å²) in [5.74, 6) is 0.101. The Hall–Kier alpha value is -1.36. The first-order chi connectivity index (χ1) is 8.63. The second kappa shape index (κ2) is 5.52. The van der Waals surface area contributed by atoms with E-state index in [2.05, 4.69) is 17.0 Å². The van der Waals surface area contributed by atoms with Crippen molar-refractivity contribution in [2.45, 2.75) is 26.2 Å². The lowest BCUT2D eigenvalue weighted by Crippen LogP contribution is -2.25. The van der Waals surface area contributed by atoms with Crippen molar-refractivity contribution in [2.75, 3.05) is 12.4 Å². The summed E-state index contributed by atoms with van der Waals surface area (Å²) < 4.78 is 4.68. The molecule has 98 valence electrons. The third kappa shape index (κ3) is 2.56. The Balaban J connectivity index is 2.07. The van der Waals surface area contributed by atoms with Crippen LogP contribution in [0.2, 0.25) is 0 Å². The van der Waals surface area contributed by atoms with E-state index in [1.54, 1.807) is 11.4 Å². The minimum Gasteiger partial charge on any atom is -0.465 e. The molecule has 1 saturated carbocycles. The Bertz CT molecular complexity index is 455. The molecule has 18 heavy (non-hydrogen) atoms. The first-order valence-electron chi connectivity index (χ1n) is 6.10. The van der Waals surface area contributed by atoms with Gasteiger partial charge in [0.25, 0.3) is 0 Å². The lowest BCUT2D eigenvalue weighted by Gasteiger charge is -2.15. The summed E-state index contributed by atoms with van der Waals surface area (Å²) in [6.07, 6.45) is 3.14. The number of carbonyl (C=O) groups excluding carboxylic acids is 2. The number of esters is 1. The fourth-order valence-corrected chi connectivity index (χ4v) is 3.18. The van der Waals surface area contributed by atoms with E-state index in [0.29, 0.717) is 16.5 Å². The summed E-state index contributed by atoms with van der Waals surface area (Å²) in [5.41, 5.74) is 0.566. The molecule has 1 aromatic heterocycles. The lowest BCUT2D eigenvalue weighted by molar-refractivity contribution is -0.120. The van der Waals surface area contributed by atoms with Gasteiger partial charge in [-0.3, -0.25) is 4.79 Å². The molecule has 0 radical (unpaired) electrons. The highest BCUT2D eigenvalue weighted by atomic mass is 32.1. The zero-order chi connectivity index (χ0) is 13.1. The average molecular weight is 267 g/mol. The van der Waals surface area contributed by atoms with E-state index in [0.717, 1.165) is 19.3 Å². The highest BCUT2D eigenvalue weighted by Crippen LogP contribution is 2.33. The van der Waals surface area contributed by atoms with Crippen LogP contribution in [0.1, 0.15) is 35.9 Å².